The normalized spacial score (nSPS) is 12.7. The molecule has 0 aliphatic heterocycles. The van der Waals surface area contributed by atoms with Crippen molar-refractivity contribution in [2.24, 2.45) is 5.92 Å². The second kappa shape index (κ2) is 20.9. The minimum absolute atomic E-state index is 0.00725. The van der Waals surface area contributed by atoms with Crippen LogP contribution >= 0.6 is 0 Å². The number of ketones is 2. The summed E-state index contributed by atoms with van der Waals surface area (Å²) in [6.45, 7) is 0. The summed E-state index contributed by atoms with van der Waals surface area (Å²) in [7, 11) is 0. The van der Waals surface area contributed by atoms with Gasteiger partial charge in [0.2, 0.25) is 11.6 Å². The summed E-state index contributed by atoms with van der Waals surface area (Å²) in [5.74, 6) is -9.43. The first kappa shape index (κ1) is 48.6. The van der Waals surface area contributed by atoms with Crippen LogP contribution in [0.2, 0.25) is 0 Å². The number of ether oxygens (including phenoxy) is 4. The zero-order valence-corrected chi connectivity index (χ0v) is 33.3. The summed E-state index contributed by atoms with van der Waals surface area (Å²) in [6, 6.07) is 25.1. The molecule has 5 aromatic carbocycles. The SMILES string of the molecule is Nc1ccc(CC(CC(=O)/C=C/c2ccc(C(=O)Oc3ccc(OC(F)(F)C(F)F)cc3)cc2)C(O)(O)C(=O)/C=C/c2ccc(C(=O)Oc3ccc(OC(F)(F)C(F)F)cc3)cc2)cc1. The second-order valence-corrected chi connectivity index (χ2v) is 14.0. The molecule has 5 aromatic rings. The van der Waals surface area contributed by atoms with Crippen molar-refractivity contribution in [2.75, 3.05) is 5.73 Å². The Morgan fingerprint density at radius 3 is 1.34 bits per heavy atom. The Kier molecular flexibility index (Phi) is 15.6. The van der Waals surface area contributed by atoms with Crippen LogP contribution in [0.1, 0.15) is 43.8 Å². The van der Waals surface area contributed by atoms with E-state index in [4.69, 9.17) is 15.2 Å². The molecule has 0 aliphatic rings. The van der Waals surface area contributed by atoms with Gasteiger partial charge in [0.15, 0.2) is 5.78 Å². The fourth-order valence-electron chi connectivity index (χ4n) is 5.64. The minimum Gasteiger partial charge on any atom is -0.428 e. The summed E-state index contributed by atoms with van der Waals surface area (Å²) in [4.78, 5) is 51.7. The molecular weight excluding hydrogens is 878 g/mol. The number of carbonyl (C=O) groups excluding carboxylic acids is 4. The van der Waals surface area contributed by atoms with Crippen LogP contribution in [0.5, 0.6) is 23.0 Å². The lowest BCUT2D eigenvalue weighted by atomic mass is 9.84. The molecule has 0 bridgehead atoms. The molecule has 11 nitrogen and oxygen atoms in total. The van der Waals surface area contributed by atoms with Gasteiger partial charge in [-0.25, -0.2) is 9.59 Å². The number of carbonyl (C=O) groups is 4. The van der Waals surface area contributed by atoms with E-state index < -0.39 is 78.2 Å². The molecule has 1 unspecified atom stereocenters. The molecule has 0 saturated heterocycles. The number of rotatable bonds is 20. The molecule has 19 heteroatoms. The van der Waals surface area contributed by atoms with E-state index in [-0.39, 0.29) is 29.0 Å². The Hall–Kier alpha value is -7.38. The number of anilines is 1. The molecule has 1 atom stereocenters. The lowest BCUT2D eigenvalue weighted by Gasteiger charge is -2.28. The molecule has 4 N–H and O–H groups in total. The number of hydrogen-bond acceptors (Lipinski definition) is 11. The standard InChI is InChI=1S/C46H35F8NO10/c47-42(48)45(51,52)64-37-20-16-35(17-21-37)62-40(58)30-9-1-27(2-10-30)7-15-34(56)26-32(25-29-5-13-33(55)14-6-29)44(60,61)39(57)24-8-28-3-11-31(12-4-28)41(59)63-36-18-22-38(23-19-36)65-46(53,54)43(49)50/h1-24,32,42-43,60-61H,25-26,55H2/b15-7+,24-8+. The van der Waals surface area contributed by atoms with Gasteiger partial charge in [-0.3, -0.25) is 9.59 Å². The van der Waals surface area contributed by atoms with Crippen LogP contribution in [0.25, 0.3) is 12.2 Å². The van der Waals surface area contributed by atoms with E-state index in [0.717, 1.165) is 60.7 Å². The number of allylic oxidation sites excluding steroid dienone is 1. The molecule has 65 heavy (non-hydrogen) atoms. The van der Waals surface area contributed by atoms with Crippen LogP contribution in [-0.4, -0.2) is 64.6 Å². The minimum atomic E-state index is -4.73. The van der Waals surface area contributed by atoms with E-state index in [2.05, 4.69) is 9.47 Å². The van der Waals surface area contributed by atoms with Crippen LogP contribution in [0.4, 0.5) is 40.8 Å². The molecule has 0 amide bonds. The molecule has 0 aliphatic carbocycles. The van der Waals surface area contributed by atoms with Gasteiger partial charge in [0, 0.05) is 18.0 Å². The molecule has 0 fully saturated rings. The van der Waals surface area contributed by atoms with Crippen molar-refractivity contribution in [3.8, 4) is 23.0 Å². The molecule has 5 rings (SSSR count). The molecule has 340 valence electrons. The van der Waals surface area contributed by atoms with E-state index in [0.29, 0.717) is 22.4 Å². The van der Waals surface area contributed by atoms with E-state index in [1.165, 1.54) is 60.7 Å². The van der Waals surface area contributed by atoms with Gasteiger partial charge in [-0.05, 0) is 120 Å². The van der Waals surface area contributed by atoms with Crippen LogP contribution < -0.4 is 24.7 Å². The van der Waals surface area contributed by atoms with E-state index >= 15 is 0 Å². The number of hydrogen-bond donors (Lipinski definition) is 3. The third kappa shape index (κ3) is 13.8. The summed E-state index contributed by atoms with van der Waals surface area (Å²) in [5, 5.41) is 22.4. The van der Waals surface area contributed by atoms with E-state index in [1.54, 1.807) is 24.3 Å². The fraction of sp³-hybridized carbons (Fsp3) is 0.174. The number of aliphatic hydroxyl groups is 2. The van der Waals surface area contributed by atoms with Gasteiger partial charge >= 0.3 is 37.0 Å². The summed E-state index contributed by atoms with van der Waals surface area (Å²) >= 11 is 0. The highest BCUT2D eigenvalue weighted by molar-refractivity contribution is 6.00. The maximum Gasteiger partial charge on any atom is 0.461 e. The van der Waals surface area contributed by atoms with Crippen LogP contribution in [0.3, 0.4) is 0 Å². The number of benzene rings is 5. The highest BCUT2D eigenvalue weighted by Crippen LogP contribution is 2.31. The smallest absolute Gasteiger partial charge is 0.428 e. The molecule has 0 radical (unpaired) electrons. The van der Waals surface area contributed by atoms with Crippen molar-refractivity contribution in [2.45, 2.75) is 43.7 Å². The Bertz CT molecular complexity index is 2490. The van der Waals surface area contributed by atoms with Crippen LogP contribution in [0, 0.1) is 5.92 Å². The first-order valence-corrected chi connectivity index (χ1v) is 18.9. The summed E-state index contributed by atoms with van der Waals surface area (Å²) < 4.78 is 120. The zero-order chi connectivity index (χ0) is 47.5. The first-order valence-electron chi connectivity index (χ1n) is 18.9. The molecule has 0 spiro atoms. The first-order chi connectivity index (χ1) is 30.6. The maximum absolute atomic E-state index is 13.3. The predicted octanol–water partition coefficient (Wildman–Crippen LogP) is 8.98. The Morgan fingerprint density at radius 1 is 0.554 bits per heavy atom. The molecule has 0 heterocycles. The highest BCUT2D eigenvalue weighted by atomic mass is 19.3. The number of nitrogen functional groups attached to an aromatic ring is 1. The zero-order valence-electron chi connectivity index (χ0n) is 33.3. The quantitative estimate of drug-likeness (QED) is 0.0170. The fourth-order valence-corrected chi connectivity index (χ4v) is 5.64. The largest absolute Gasteiger partial charge is 0.461 e. The second-order valence-electron chi connectivity index (χ2n) is 14.0. The third-order valence-corrected chi connectivity index (χ3v) is 9.11. The number of esters is 2. The number of alkyl halides is 8. The summed E-state index contributed by atoms with van der Waals surface area (Å²) in [5.41, 5.74) is 7.50. The van der Waals surface area contributed by atoms with Gasteiger partial charge in [-0.2, -0.15) is 35.1 Å². The van der Waals surface area contributed by atoms with Crippen LogP contribution in [-0.2, 0) is 16.0 Å². The lowest BCUT2D eigenvalue weighted by molar-refractivity contribution is -0.253. The lowest BCUT2D eigenvalue weighted by Crippen LogP contribution is -2.46. The topological polar surface area (TPSA) is 172 Å². The van der Waals surface area contributed by atoms with Gasteiger partial charge in [0.05, 0.1) is 11.1 Å². The Morgan fingerprint density at radius 2 is 0.938 bits per heavy atom. The van der Waals surface area contributed by atoms with Crippen molar-refractivity contribution in [3.05, 3.63) is 161 Å². The van der Waals surface area contributed by atoms with Gasteiger partial charge < -0.3 is 34.9 Å². The predicted molar refractivity (Wildman–Crippen MR) is 217 cm³/mol. The maximum atomic E-state index is 13.3. The van der Waals surface area contributed by atoms with Gasteiger partial charge in [0.25, 0.3) is 0 Å². The molecular formula is C46H35F8NO10. The van der Waals surface area contributed by atoms with Crippen molar-refractivity contribution in [3.63, 3.8) is 0 Å². The van der Waals surface area contributed by atoms with Crippen molar-refractivity contribution < 1.29 is 83.5 Å². The molecule has 0 saturated carbocycles. The molecule has 0 aromatic heterocycles. The average Bonchev–Trinajstić information content (AvgIpc) is 3.26. The van der Waals surface area contributed by atoms with Gasteiger partial charge in [-0.1, -0.05) is 48.6 Å². The Balaban J connectivity index is 1.19. The monoisotopic (exact) mass is 913 g/mol. The van der Waals surface area contributed by atoms with E-state index in [9.17, 15) is 64.5 Å². The highest BCUT2D eigenvalue weighted by Gasteiger charge is 2.45. The van der Waals surface area contributed by atoms with E-state index in [1.807, 2.05) is 0 Å². The number of halogens is 8. The van der Waals surface area contributed by atoms with Crippen molar-refractivity contribution in [1.29, 1.82) is 0 Å². The Labute approximate surface area is 363 Å². The van der Waals surface area contributed by atoms with Gasteiger partial charge in [0.1, 0.15) is 23.0 Å². The van der Waals surface area contributed by atoms with Gasteiger partial charge in [-0.15, -0.1) is 0 Å². The third-order valence-electron chi connectivity index (χ3n) is 9.11. The van der Waals surface area contributed by atoms with Crippen molar-refractivity contribution >= 4 is 41.3 Å². The van der Waals surface area contributed by atoms with Crippen molar-refractivity contribution in [1.82, 2.24) is 0 Å². The average molecular weight is 914 g/mol. The number of nitrogens with two attached hydrogens (primary N) is 1. The summed E-state index contributed by atoms with van der Waals surface area (Å²) in [6.07, 6.45) is -13.7. The van der Waals surface area contributed by atoms with Crippen LogP contribution in [0.15, 0.2) is 133 Å².